The van der Waals surface area contributed by atoms with Crippen LogP contribution in [-0.2, 0) is 4.74 Å². The molecule has 1 amide bonds. The van der Waals surface area contributed by atoms with E-state index in [-0.39, 0.29) is 22.8 Å². The summed E-state index contributed by atoms with van der Waals surface area (Å²) in [6.07, 6.45) is 2.12. The number of nitrogens with zero attached hydrogens (tertiary/aromatic N) is 4. The summed E-state index contributed by atoms with van der Waals surface area (Å²) in [5.41, 5.74) is 0.745. The van der Waals surface area contributed by atoms with Crippen LogP contribution in [0.3, 0.4) is 0 Å². The van der Waals surface area contributed by atoms with Crippen LogP contribution in [0, 0.1) is 5.82 Å². The number of rotatable bonds is 5. The molecule has 0 radical (unpaired) electrons. The molecule has 188 valence electrons. The summed E-state index contributed by atoms with van der Waals surface area (Å²) < 4.78 is 23.5. The van der Waals surface area contributed by atoms with E-state index in [2.05, 4.69) is 22.1 Å². The van der Waals surface area contributed by atoms with Crippen LogP contribution >= 0.6 is 11.3 Å². The number of halogens is 1. The van der Waals surface area contributed by atoms with Crippen molar-refractivity contribution >= 4 is 49.1 Å². The number of hydrogen-bond acceptors (Lipinski definition) is 7. The van der Waals surface area contributed by atoms with E-state index in [9.17, 15) is 9.59 Å². The zero-order valence-electron chi connectivity index (χ0n) is 20.1. The Morgan fingerprint density at radius 1 is 1.25 bits per heavy atom. The van der Waals surface area contributed by atoms with Gasteiger partial charge in [-0.05, 0) is 44.1 Å². The van der Waals surface area contributed by atoms with E-state index in [1.165, 1.54) is 17.4 Å². The lowest BCUT2D eigenvalue weighted by atomic mass is 10.1. The summed E-state index contributed by atoms with van der Waals surface area (Å²) in [5, 5.41) is 3.10. The average molecular weight is 510 g/mol. The summed E-state index contributed by atoms with van der Waals surface area (Å²) >= 11 is 1.38. The summed E-state index contributed by atoms with van der Waals surface area (Å²) in [6.45, 7) is 6.56. The van der Waals surface area contributed by atoms with Crippen molar-refractivity contribution in [1.82, 2.24) is 19.6 Å². The lowest BCUT2D eigenvalue weighted by Gasteiger charge is -2.28. The quantitative estimate of drug-likeness (QED) is 0.445. The molecule has 3 aromatic heterocycles. The molecule has 0 saturated carbocycles. The Morgan fingerprint density at radius 2 is 2.06 bits per heavy atom. The molecule has 1 atom stereocenters. The molecule has 2 fully saturated rings. The summed E-state index contributed by atoms with van der Waals surface area (Å²) in [6, 6.07) is 9.21. The largest absolute Gasteiger partial charge is 0.378 e. The number of fused-ring (bicyclic) bond motifs is 5. The molecule has 0 spiro atoms. The van der Waals surface area contributed by atoms with Crippen molar-refractivity contribution in [3.05, 3.63) is 51.9 Å². The van der Waals surface area contributed by atoms with E-state index in [1.807, 2.05) is 33.6 Å². The van der Waals surface area contributed by atoms with Crippen LogP contribution in [0.25, 0.3) is 26.1 Å². The van der Waals surface area contributed by atoms with E-state index >= 15 is 4.39 Å². The number of ether oxygens (including phenoxy) is 1. The molecule has 6 rings (SSSR count). The van der Waals surface area contributed by atoms with E-state index < -0.39 is 17.2 Å². The predicted molar refractivity (Wildman–Crippen MR) is 140 cm³/mol. The third-order valence-electron chi connectivity index (χ3n) is 7.29. The highest BCUT2D eigenvalue weighted by molar-refractivity contribution is 7.24. The minimum absolute atomic E-state index is 0.0464. The topological polar surface area (TPSA) is 79.2 Å². The summed E-state index contributed by atoms with van der Waals surface area (Å²) in [5.74, 6) is -0.796. The maximum atomic E-state index is 15.3. The summed E-state index contributed by atoms with van der Waals surface area (Å²) in [4.78, 5) is 36.6. The number of benzene rings is 1. The molecule has 36 heavy (non-hydrogen) atoms. The Morgan fingerprint density at radius 3 is 2.86 bits per heavy atom. The Kier molecular flexibility index (Phi) is 6.10. The molecule has 2 saturated heterocycles. The van der Waals surface area contributed by atoms with Gasteiger partial charge in [0.1, 0.15) is 10.4 Å². The van der Waals surface area contributed by atoms with Crippen molar-refractivity contribution < 1.29 is 13.9 Å². The normalized spacial score (nSPS) is 19.1. The Labute approximate surface area is 211 Å². The van der Waals surface area contributed by atoms with Gasteiger partial charge in [0.15, 0.2) is 17.3 Å². The van der Waals surface area contributed by atoms with Gasteiger partial charge in [0.25, 0.3) is 5.91 Å². The maximum absolute atomic E-state index is 15.3. The van der Waals surface area contributed by atoms with Gasteiger partial charge in [-0.15, -0.1) is 11.3 Å². The molecule has 1 aromatic carbocycles. The number of nitrogens with one attached hydrogen (secondary N) is 1. The van der Waals surface area contributed by atoms with Gasteiger partial charge >= 0.3 is 0 Å². The third kappa shape index (κ3) is 3.84. The Hall–Kier alpha value is -3.08. The molecular formula is C26H28FN5O3S. The van der Waals surface area contributed by atoms with Gasteiger partial charge in [0.05, 0.1) is 28.8 Å². The smallest absolute Gasteiger partial charge is 0.258 e. The molecule has 4 aromatic rings. The molecule has 1 N–H and O–H groups in total. The number of likely N-dealkylation sites (N-methyl/N-ethyl adjacent to an activating group) is 1. The molecule has 10 heteroatoms. The van der Waals surface area contributed by atoms with Gasteiger partial charge in [0.2, 0.25) is 5.43 Å². The zero-order chi connectivity index (χ0) is 24.8. The highest BCUT2D eigenvalue weighted by Crippen LogP contribution is 2.32. The molecule has 8 nitrogen and oxygen atoms in total. The second kappa shape index (κ2) is 9.42. The molecule has 5 heterocycles. The summed E-state index contributed by atoms with van der Waals surface area (Å²) in [7, 11) is 0. The number of hydrogen-bond donors (Lipinski definition) is 1. The second-order valence-electron chi connectivity index (χ2n) is 9.31. The Balaban J connectivity index is 1.52. The van der Waals surface area contributed by atoms with Crippen molar-refractivity contribution in [2.24, 2.45) is 0 Å². The molecule has 0 aliphatic carbocycles. The van der Waals surface area contributed by atoms with Crippen molar-refractivity contribution in [3.8, 4) is 0 Å². The highest BCUT2D eigenvalue weighted by Gasteiger charge is 2.28. The van der Waals surface area contributed by atoms with Crippen molar-refractivity contribution in [2.45, 2.75) is 25.8 Å². The van der Waals surface area contributed by atoms with E-state index in [1.54, 1.807) is 0 Å². The van der Waals surface area contributed by atoms with Gasteiger partial charge in [0, 0.05) is 25.7 Å². The minimum Gasteiger partial charge on any atom is -0.378 e. The van der Waals surface area contributed by atoms with Crippen molar-refractivity contribution in [3.63, 3.8) is 0 Å². The first kappa shape index (κ1) is 23.3. The lowest BCUT2D eigenvalue weighted by molar-refractivity contribution is 0.0942. The number of para-hydroxylation sites is 1. The first-order valence-corrected chi connectivity index (χ1v) is 13.3. The first-order valence-electron chi connectivity index (χ1n) is 12.5. The van der Waals surface area contributed by atoms with E-state index in [0.717, 1.165) is 36.1 Å². The SMILES string of the molecule is CCN1CCCC1CNC(=O)c1c(=O)c2cc(F)c(N3CCOCC3)nc2n2c1sc1ccccc12. The van der Waals surface area contributed by atoms with E-state index in [0.29, 0.717) is 43.3 Å². The predicted octanol–water partition coefficient (Wildman–Crippen LogP) is 3.25. The fraction of sp³-hybridized carbons (Fsp3) is 0.423. The number of anilines is 1. The van der Waals surface area contributed by atoms with Crippen molar-refractivity contribution in [1.29, 1.82) is 0 Å². The van der Waals surface area contributed by atoms with Gasteiger partial charge in [-0.1, -0.05) is 19.1 Å². The number of morpholine rings is 1. The van der Waals surface area contributed by atoms with Crippen LogP contribution in [0.1, 0.15) is 30.1 Å². The maximum Gasteiger partial charge on any atom is 0.258 e. The number of pyridine rings is 2. The van der Waals surface area contributed by atoms with Crippen molar-refractivity contribution in [2.75, 3.05) is 50.8 Å². The molecule has 2 aliphatic rings. The van der Waals surface area contributed by atoms with Gasteiger partial charge < -0.3 is 15.0 Å². The van der Waals surface area contributed by atoms with Gasteiger partial charge in [-0.2, -0.15) is 0 Å². The molecule has 2 aliphatic heterocycles. The highest BCUT2D eigenvalue weighted by atomic mass is 32.1. The lowest BCUT2D eigenvalue weighted by Crippen LogP contribution is -2.41. The fourth-order valence-corrected chi connectivity index (χ4v) is 6.62. The monoisotopic (exact) mass is 509 g/mol. The zero-order valence-corrected chi connectivity index (χ0v) is 20.9. The molecule has 0 bridgehead atoms. The van der Waals surface area contributed by atoms with Crippen LogP contribution in [-0.4, -0.2) is 72.2 Å². The van der Waals surface area contributed by atoms with Gasteiger partial charge in [-0.3, -0.25) is 18.9 Å². The number of carbonyl (C=O) groups is 1. The second-order valence-corrected chi connectivity index (χ2v) is 10.3. The Bertz CT molecular complexity index is 1530. The van der Waals surface area contributed by atoms with E-state index in [4.69, 9.17) is 4.74 Å². The minimum atomic E-state index is -0.572. The van der Waals surface area contributed by atoms with Crippen LogP contribution in [0.5, 0.6) is 0 Å². The van der Waals surface area contributed by atoms with Crippen LogP contribution in [0.15, 0.2) is 35.1 Å². The number of amides is 1. The standard InChI is InChI=1S/C26H28FN5O3S/c1-2-30-9-5-6-16(30)15-28-25(34)21-22(33)17-14-18(27)24(31-10-12-35-13-11-31)29-23(17)32-19-7-3-4-8-20(19)36-26(21)32/h3-4,7-8,14,16H,2,5-6,9-13,15H2,1H3,(H,28,34). The van der Waals surface area contributed by atoms with Gasteiger partial charge in [-0.25, -0.2) is 9.37 Å². The first-order chi connectivity index (χ1) is 17.6. The number of aromatic nitrogens is 2. The number of thiazole rings is 1. The van der Waals surface area contributed by atoms with Crippen LogP contribution < -0.4 is 15.6 Å². The fourth-order valence-electron chi connectivity index (χ4n) is 5.44. The third-order valence-corrected chi connectivity index (χ3v) is 8.44. The molecular weight excluding hydrogens is 481 g/mol. The van der Waals surface area contributed by atoms with Crippen LogP contribution in [0.4, 0.5) is 10.2 Å². The average Bonchev–Trinajstić information content (AvgIpc) is 3.52. The van der Waals surface area contributed by atoms with Crippen LogP contribution in [0.2, 0.25) is 0 Å². The number of likely N-dealkylation sites (tertiary alicyclic amines) is 1. The molecule has 1 unspecified atom stereocenters. The number of carbonyl (C=O) groups excluding carboxylic acids is 1.